The number of amides is 1. The fraction of sp³-hybridized carbons (Fsp3) is 0.459. The predicted octanol–water partition coefficient (Wildman–Crippen LogP) is 6.23. The highest BCUT2D eigenvalue weighted by atomic mass is 16.6. The monoisotopic (exact) mass is 664 g/mol. The van der Waals surface area contributed by atoms with Crippen LogP contribution in [0, 0.1) is 13.8 Å². The average Bonchev–Trinajstić information content (AvgIpc) is 3.71. The molecule has 49 heavy (non-hydrogen) atoms. The third-order valence-electron chi connectivity index (χ3n) is 9.54. The third-order valence-corrected chi connectivity index (χ3v) is 9.54. The molecule has 0 saturated carbocycles. The zero-order chi connectivity index (χ0) is 34.9. The molecular formula is C37H44N8O4. The lowest BCUT2D eigenvalue weighted by atomic mass is 9.95. The molecule has 0 aliphatic carbocycles. The second-order valence-electron chi connectivity index (χ2n) is 14.7. The van der Waals surface area contributed by atoms with Crippen LogP contribution in [0.1, 0.15) is 76.8 Å². The number of anilines is 1. The number of aryl methyl sites for hydroxylation is 2. The van der Waals surface area contributed by atoms with E-state index in [-0.39, 0.29) is 24.1 Å². The Hall–Kier alpha value is -5.00. The molecule has 1 aromatic carbocycles. The quantitative estimate of drug-likeness (QED) is 0.238. The molecule has 2 aliphatic heterocycles. The first-order valence-electron chi connectivity index (χ1n) is 17.0. The Morgan fingerprint density at radius 2 is 1.84 bits per heavy atom. The normalized spacial score (nSPS) is 18.0. The van der Waals surface area contributed by atoms with Gasteiger partial charge in [-0.2, -0.15) is 10.1 Å². The van der Waals surface area contributed by atoms with E-state index in [0.29, 0.717) is 54.4 Å². The van der Waals surface area contributed by atoms with Crippen molar-refractivity contribution in [1.82, 2.24) is 34.6 Å². The van der Waals surface area contributed by atoms with Crippen LogP contribution in [0.5, 0.6) is 5.75 Å². The molecule has 12 heteroatoms. The molecule has 2 aliphatic rings. The second-order valence-corrected chi connectivity index (χ2v) is 14.7. The van der Waals surface area contributed by atoms with Gasteiger partial charge in [-0.1, -0.05) is 19.9 Å². The van der Waals surface area contributed by atoms with Crippen molar-refractivity contribution < 1.29 is 14.3 Å². The van der Waals surface area contributed by atoms with Crippen molar-refractivity contribution in [3.63, 3.8) is 0 Å². The number of rotatable bonds is 4. The molecule has 1 amide bonds. The fourth-order valence-corrected chi connectivity index (χ4v) is 7.22. The van der Waals surface area contributed by atoms with Gasteiger partial charge >= 0.3 is 11.8 Å². The van der Waals surface area contributed by atoms with Gasteiger partial charge in [0.2, 0.25) is 0 Å². The Morgan fingerprint density at radius 3 is 2.57 bits per heavy atom. The van der Waals surface area contributed by atoms with Gasteiger partial charge in [0.1, 0.15) is 22.6 Å². The summed E-state index contributed by atoms with van der Waals surface area (Å²) in [7, 11) is 0. The summed E-state index contributed by atoms with van der Waals surface area (Å²) in [4.78, 5) is 46.6. The van der Waals surface area contributed by atoms with Crippen LogP contribution >= 0.6 is 0 Å². The van der Waals surface area contributed by atoms with Crippen LogP contribution in [0.4, 0.5) is 10.6 Å². The van der Waals surface area contributed by atoms with Crippen LogP contribution in [0.15, 0.2) is 35.4 Å². The summed E-state index contributed by atoms with van der Waals surface area (Å²) >= 11 is 0. The Morgan fingerprint density at radius 1 is 1.06 bits per heavy atom. The molecule has 0 spiro atoms. The average molecular weight is 665 g/mol. The number of nitrogens with one attached hydrogen (secondary N) is 1. The molecule has 4 aromatic heterocycles. The zero-order valence-corrected chi connectivity index (χ0v) is 29.7. The van der Waals surface area contributed by atoms with E-state index in [9.17, 15) is 9.59 Å². The van der Waals surface area contributed by atoms with E-state index in [2.05, 4.69) is 41.9 Å². The van der Waals surface area contributed by atoms with Crippen molar-refractivity contribution in [3.05, 3.63) is 63.5 Å². The highest BCUT2D eigenvalue weighted by Crippen LogP contribution is 2.45. The highest BCUT2D eigenvalue weighted by molar-refractivity contribution is 6.02. The van der Waals surface area contributed by atoms with E-state index in [1.54, 1.807) is 15.7 Å². The molecule has 2 atom stereocenters. The van der Waals surface area contributed by atoms with Crippen LogP contribution in [-0.4, -0.2) is 78.1 Å². The standard InChI is InChI=1S/C37H44N8O4/c1-19(2)29-31(21(4)12-14-38-29)45-34-28(32-24(13-15-48-32)30(40-34)27-20(3)10-11-26-25(27)16-39-42-26)33(41-35(45)46)43-17-23(6)44(18-22(43)5)36(47)49-37(7,8)9/h10-12,14,16,19,22-23H,13,15,17-18H2,1-9H3,(H,39,42)/t22-,23+/m0/s1. The number of benzene rings is 1. The van der Waals surface area contributed by atoms with E-state index in [1.165, 1.54) is 0 Å². The summed E-state index contributed by atoms with van der Waals surface area (Å²) in [6.45, 7) is 19.1. The smallest absolute Gasteiger partial charge is 0.410 e. The van der Waals surface area contributed by atoms with Crippen molar-refractivity contribution in [2.75, 3.05) is 24.6 Å². The number of carbonyl (C=O) groups excluding carboxylic acids is 1. The van der Waals surface area contributed by atoms with Crippen LogP contribution in [0.2, 0.25) is 0 Å². The highest BCUT2D eigenvalue weighted by Gasteiger charge is 2.38. The van der Waals surface area contributed by atoms with Gasteiger partial charge in [0, 0.05) is 54.3 Å². The van der Waals surface area contributed by atoms with E-state index in [0.717, 1.165) is 44.5 Å². The van der Waals surface area contributed by atoms with Crippen LogP contribution in [0.3, 0.4) is 0 Å². The van der Waals surface area contributed by atoms with Crippen molar-refractivity contribution in [3.8, 4) is 22.7 Å². The van der Waals surface area contributed by atoms with Crippen molar-refractivity contribution in [2.24, 2.45) is 0 Å². The number of H-pyrrole nitrogens is 1. The van der Waals surface area contributed by atoms with E-state index >= 15 is 0 Å². The minimum atomic E-state index is -0.612. The number of fused-ring (bicyclic) bond motifs is 4. The molecule has 5 aromatic rings. The van der Waals surface area contributed by atoms with Gasteiger partial charge in [-0.05, 0) is 77.6 Å². The molecule has 0 radical (unpaired) electrons. The number of pyridine rings is 2. The van der Waals surface area contributed by atoms with E-state index in [1.807, 2.05) is 59.9 Å². The first-order chi connectivity index (χ1) is 23.2. The maximum Gasteiger partial charge on any atom is 0.410 e. The molecule has 6 heterocycles. The molecular weight excluding hydrogens is 620 g/mol. The molecule has 1 saturated heterocycles. The third kappa shape index (κ3) is 5.47. The van der Waals surface area contributed by atoms with Crippen LogP contribution in [-0.2, 0) is 11.2 Å². The number of carbonyl (C=O) groups is 1. The fourth-order valence-electron chi connectivity index (χ4n) is 7.22. The summed E-state index contributed by atoms with van der Waals surface area (Å²) < 4.78 is 13.9. The molecule has 0 unspecified atom stereocenters. The molecule has 256 valence electrons. The summed E-state index contributed by atoms with van der Waals surface area (Å²) in [6, 6.07) is 5.60. The van der Waals surface area contributed by atoms with Gasteiger partial charge in [0.05, 0.1) is 35.4 Å². The molecule has 7 rings (SSSR count). The maximum absolute atomic E-state index is 14.5. The zero-order valence-electron chi connectivity index (χ0n) is 29.7. The number of aromatic amines is 1. The van der Waals surface area contributed by atoms with E-state index in [4.69, 9.17) is 24.4 Å². The van der Waals surface area contributed by atoms with Gasteiger partial charge in [-0.3, -0.25) is 10.1 Å². The van der Waals surface area contributed by atoms with Gasteiger partial charge in [-0.15, -0.1) is 0 Å². The largest absolute Gasteiger partial charge is 0.492 e. The minimum absolute atomic E-state index is 0.0328. The number of nitrogens with zero attached hydrogens (tertiary/aromatic N) is 7. The second kappa shape index (κ2) is 11.9. The van der Waals surface area contributed by atoms with Crippen LogP contribution in [0.25, 0.3) is 38.9 Å². The number of piperazine rings is 1. The van der Waals surface area contributed by atoms with Gasteiger partial charge in [0.25, 0.3) is 0 Å². The summed E-state index contributed by atoms with van der Waals surface area (Å²) in [5.74, 6) is 1.21. The van der Waals surface area contributed by atoms with Crippen molar-refractivity contribution in [1.29, 1.82) is 0 Å². The van der Waals surface area contributed by atoms with Gasteiger partial charge in [0.15, 0.2) is 5.65 Å². The topological polar surface area (TPSA) is 131 Å². The van der Waals surface area contributed by atoms with Crippen molar-refractivity contribution >= 4 is 33.8 Å². The molecule has 1 N–H and O–H groups in total. The Kier molecular flexibility index (Phi) is 7.87. The predicted molar refractivity (Wildman–Crippen MR) is 190 cm³/mol. The maximum atomic E-state index is 14.5. The first kappa shape index (κ1) is 32.5. The van der Waals surface area contributed by atoms with Crippen molar-refractivity contribution in [2.45, 2.75) is 92.3 Å². The molecule has 12 nitrogen and oxygen atoms in total. The van der Waals surface area contributed by atoms with E-state index < -0.39 is 11.3 Å². The Balaban J connectivity index is 1.51. The van der Waals surface area contributed by atoms with Crippen LogP contribution < -0.4 is 15.3 Å². The number of hydrogen-bond acceptors (Lipinski definition) is 9. The minimum Gasteiger partial charge on any atom is -0.492 e. The Labute approximate surface area is 285 Å². The molecule has 1 fully saturated rings. The number of aromatic nitrogens is 6. The van der Waals surface area contributed by atoms with Gasteiger partial charge < -0.3 is 19.3 Å². The van der Waals surface area contributed by atoms with Gasteiger partial charge in [-0.25, -0.2) is 19.1 Å². The SMILES string of the molecule is Cc1ccnc(C(C)C)c1-n1c(=O)nc(N2C[C@@H](C)N(C(=O)OC(C)(C)C)C[C@@H]2C)c2c3c(c(-c4c(C)ccc5[nH]ncc45)nc21)CCO3. The first-order valence-corrected chi connectivity index (χ1v) is 17.0. The summed E-state index contributed by atoms with van der Waals surface area (Å²) in [6.07, 6.45) is 3.90. The summed E-state index contributed by atoms with van der Waals surface area (Å²) in [5.41, 5.74) is 6.37. The number of ether oxygens (including phenoxy) is 2. The summed E-state index contributed by atoms with van der Waals surface area (Å²) in [5, 5.41) is 9.05. The Bertz CT molecular complexity index is 2180. The lowest BCUT2D eigenvalue weighted by molar-refractivity contribution is 0.0130. The lowest BCUT2D eigenvalue weighted by Crippen LogP contribution is -2.59. The lowest BCUT2D eigenvalue weighted by Gasteiger charge is -2.45. The number of hydrogen-bond donors (Lipinski definition) is 1. The molecule has 0 bridgehead atoms.